The first-order valence-corrected chi connectivity index (χ1v) is 9.19. The predicted molar refractivity (Wildman–Crippen MR) is 107 cm³/mol. The SMILES string of the molecule is COc1ccc(OC)c(CCNC(=O)C(C)Oc2cccc(C(C)C)c2)c1. The van der Waals surface area contributed by atoms with Crippen LogP contribution in [0, 0.1) is 0 Å². The summed E-state index contributed by atoms with van der Waals surface area (Å²) in [5.74, 6) is 2.51. The monoisotopic (exact) mass is 371 g/mol. The van der Waals surface area contributed by atoms with Gasteiger partial charge in [0.1, 0.15) is 17.2 Å². The van der Waals surface area contributed by atoms with E-state index in [0.29, 0.717) is 24.6 Å². The highest BCUT2D eigenvalue weighted by Crippen LogP contribution is 2.24. The van der Waals surface area contributed by atoms with Crippen molar-refractivity contribution >= 4 is 5.91 Å². The minimum absolute atomic E-state index is 0.146. The third-order valence-corrected chi connectivity index (χ3v) is 4.39. The van der Waals surface area contributed by atoms with Crippen molar-refractivity contribution in [2.75, 3.05) is 20.8 Å². The highest BCUT2D eigenvalue weighted by atomic mass is 16.5. The number of nitrogens with one attached hydrogen (secondary N) is 1. The molecule has 5 heteroatoms. The molecule has 0 aliphatic heterocycles. The number of ether oxygens (including phenoxy) is 3. The molecule has 2 aromatic rings. The quantitative estimate of drug-likeness (QED) is 0.725. The van der Waals surface area contributed by atoms with Crippen molar-refractivity contribution in [3.63, 3.8) is 0 Å². The molecule has 0 saturated heterocycles. The molecule has 0 heterocycles. The van der Waals surface area contributed by atoms with Crippen LogP contribution >= 0.6 is 0 Å². The fraction of sp³-hybridized carbons (Fsp3) is 0.409. The van der Waals surface area contributed by atoms with Crippen LogP contribution in [0.25, 0.3) is 0 Å². The number of methoxy groups -OCH3 is 2. The smallest absolute Gasteiger partial charge is 0.260 e. The zero-order valence-corrected chi connectivity index (χ0v) is 16.7. The maximum atomic E-state index is 12.3. The molecule has 0 spiro atoms. The minimum Gasteiger partial charge on any atom is -0.497 e. The Kier molecular flexibility index (Phi) is 7.53. The summed E-state index contributed by atoms with van der Waals surface area (Å²) in [5, 5.41) is 2.92. The second kappa shape index (κ2) is 9.86. The van der Waals surface area contributed by atoms with Gasteiger partial charge in [0, 0.05) is 6.54 Å². The maximum Gasteiger partial charge on any atom is 0.260 e. The van der Waals surface area contributed by atoms with Crippen LogP contribution in [0.4, 0.5) is 0 Å². The van der Waals surface area contributed by atoms with Crippen LogP contribution in [0.3, 0.4) is 0 Å². The average Bonchev–Trinajstić information content (AvgIpc) is 2.67. The average molecular weight is 371 g/mol. The lowest BCUT2D eigenvalue weighted by Crippen LogP contribution is -2.37. The molecular weight excluding hydrogens is 342 g/mol. The van der Waals surface area contributed by atoms with Gasteiger partial charge in [0.15, 0.2) is 6.10 Å². The van der Waals surface area contributed by atoms with Crippen LogP contribution in [0.1, 0.15) is 37.8 Å². The second-order valence-corrected chi connectivity index (χ2v) is 6.71. The Morgan fingerprint density at radius 1 is 1.00 bits per heavy atom. The molecule has 0 radical (unpaired) electrons. The summed E-state index contributed by atoms with van der Waals surface area (Å²) >= 11 is 0. The van der Waals surface area contributed by atoms with Crippen molar-refractivity contribution in [3.8, 4) is 17.2 Å². The summed E-state index contributed by atoms with van der Waals surface area (Å²) in [5.41, 5.74) is 2.17. The normalized spacial score (nSPS) is 11.8. The van der Waals surface area contributed by atoms with Crippen LogP contribution in [-0.2, 0) is 11.2 Å². The number of carbonyl (C=O) groups excluding carboxylic acids is 1. The van der Waals surface area contributed by atoms with Crippen LogP contribution in [-0.4, -0.2) is 32.8 Å². The van der Waals surface area contributed by atoms with E-state index in [4.69, 9.17) is 14.2 Å². The predicted octanol–water partition coefficient (Wildman–Crippen LogP) is 3.95. The van der Waals surface area contributed by atoms with E-state index in [-0.39, 0.29) is 5.91 Å². The fourth-order valence-electron chi connectivity index (χ4n) is 2.75. The highest BCUT2D eigenvalue weighted by Gasteiger charge is 2.15. The van der Waals surface area contributed by atoms with E-state index < -0.39 is 6.10 Å². The van der Waals surface area contributed by atoms with E-state index in [1.54, 1.807) is 21.1 Å². The Morgan fingerprint density at radius 3 is 2.44 bits per heavy atom. The fourth-order valence-corrected chi connectivity index (χ4v) is 2.75. The number of benzene rings is 2. The first-order valence-electron chi connectivity index (χ1n) is 9.19. The van der Waals surface area contributed by atoms with Crippen molar-refractivity contribution < 1.29 is 19.0 Å². The Balaban J connectivity index is 1.89. The molecule has 1 amide bonds. The van der Waals surface area contributed by atoms with Gasteiger partial charge in [-0.05, 0) is 60.7 Å². The van der Waals surface area contributed by atoms with Gasteiger partial charge in [-0.25, -0.2) is 0 Å². The lowest BCUT2D eigenvalue weighted by molar-refractivity contribution is -0.127. The van der Waals surface area contributed by atoms with E-state index in [1.165, 1.54) is 5.56 Å². The molecule has 0 aliphatic rings. The number of amides is 1. The topological polar surface area (TPSA) is 56.8 Å². The van der Waals surface area contributed by atoms with Crippen LogP contribution in [0.5, 0.6) is 17.2 Å². The van der Waals surface area contributed by atoms with E-state index >= 15 is 0 Å². The van der Waals surface area contributed by atoms with Gasteiger partial charge < -0.3 is 19.5 Å². The van der Waals surface area contributed by atoms with Crippen molar-refractivity contribution in [2.45, 2.75) is 39.2 Å². The van der Waals surface area contributed by atoms with Crippen LogP contribution < -0.4 is 19.5 Å². The van der Waals surface area contributed by atoms with Crippen molar-refractivity contribution in [3.05, 3.63) is 53.6 Å². The van der Waals surface area contributed by atoms with Gasteiger partial charge >= 0.3 is 0 Å². The van der Waals surface area contributed by atoms with Gasteiger partial charge in [-0.2, -0.15) is 0 Å². The molecule has 0 bridgehead atoms. The second-order valence-electron chi connectivity index (χ2n) is 6.71. The molecule has 1 N–H and O–H groups in total. The first-order chi connectivity index (χ1) is 12.9. The number of hydrogen-bond acceptors (Lipinski definition) is 4. The molecule has 0 aliphatic carbocycles. The standard InChI is InChI=1S/C22H29NO4/c1-15(2)17-7-6-8-20(13-17)27-16(3)22(24)23-12-11-18-14-19(25-4)9-10-21(18)26-5/h6-10,13-16H,11-12H2,1-5H3,(H,23,24). The third kappa shape index (κ3) is 5.91. The zero-order chi connectivity index (χ0) is 19.8. The Labute approximate surface area is 161 Å². The van der Waals surface area contributed by atoms with E-state index in [0.717, 1.165) is 17.1 Å². The lowest BCUT2D eigenvalue weighted by atomic mass is 10.0. The Hall–Kier alpha value is -2.69. The summed E-state index contributed by atoms with van der Waals surface area (Å²) in [6.07, 6.45) is 0.0707. The van der Waals surface area contributed by atoms with Gasteiger partial charge in [-0.1, -0.05) is 26.0 Å². The summed E-state index contributed by atoms with van der Waals surface area (Å²) in [4.78, 5) is 12.3. The number of rotatable bonds is 9. The zero-order valence-electron chi connectivity index (χ0n) is 16.7. The summed E-state index contributed by atoms with van der Waals surface area (Å²) < 4.78 is 16.4. The molecule has 0 fully saturated rings. The molecule has 1 unspecified atom stereocenters. The molecule has 0 saturated carbocycles. The molecule has 146 valence electrons. The molecular formula is C22H29NO4. The molecule has 2 rings (SSSR count). The molecule has 1 atom stereocenters. The minimum atomic E-state index is -0.570. The third-order valence-electron chi connectivity index (χ3n) is 4.39. The van der Waals surface area contributed by atoms with Gasteiger partial charge in [0.25, 0.3) is 5.91 Å². The van der Waals surface area contributed by atoms with Crippen molar-refractivity contribution in [1.82, 2.24) is 5.32 Å². The highest BCUT2D eigenvalue weighted by molar-refractivity contribution is 5.80. The first kappa shape index (κ1) is 20.6. The molecule has 27 heavy (non-hydrogen) atoms. The Bertz CT molecular complexity index is 758. The van der Waals surface area contributed by atoms with Gasteiger partial charge in [-0.3, -0.25) is 4.79 Å². The van der Waals surface area contributed by atoms with Crippen molar-refractivity contribution in [2.24, 2.45) is 0 Å². The van der Waals surface area contributed by atoms with Gasteiger partial charge in [0.05, 0.1) is 14.2 Å². The van der Waals surface area contributed by atoms with Crippen LogP contribution in [0.2, 0.25) is 0 Å². The summed E-state index contributed by atoms with van der Waals surface area (Å²) in [6, 6.07) is 13.5. The van der Waals surface area contributed by atoms with Crippen molar-refractivity contribution in [1.29, 1.82) is 0 Å². The molecule has 0 aromatic heterocycles. The lowest BCUT2D eigenvalue weighted by Gasteiger charge is -2.16. The largest absolute Gasteiger partial charge is 0.497 e. The summed E-state index contributed by atoms with van der Waals surface area (Å²) in [6.45, 7) is 6.50. The maximum absolute atomic E-state index is 12.3. The van der Waals surface area contributed by atoms with Gasteiger partial charge in [0.2, 0.25) is 0 Å². The van der Waals surface area contributed by atoms with Crippen LogP contribution in [0.15, 0.2) is 42.5 Å². The summed E-state index contributed by atoms with van der Waals surface area (Å²) in [7, 11) is 3.26. The van der Waals surface area contributed by atoms with E-state index in [2.05, 4.69) is 25.2 Å². The molecule has 2 aromatic carbocycles. The number of carbonyl (C=O) groups is 1. The van der Waals surface area contributed by atoms with E-state index in [9.17, 15) is 4.79 Å². The number of hydrogen-bond donors (Lipinski definition) is 1. The Morgan fingerprint density at radius 2 is 1.78 bits per heavy atom. The van der Waals surface area contributed by atoms with Gasteiger partial charge in [-0.15, -0.1) is 0 Å². The van der Waals surface area contributed by atoms with E-state index in [1.807, 2.05) is 36.4 Å². The molecule has 5 nitrogen and oxygen atoms in total.